The van der Waals surface area contributed by atoms with E-state index in [4.69, 9.17) is 5.73 Å². The van der Waals surface area contributed by atoms with E-state index in [-0.39, 0.29) is 11.9 Å². The Morgan fingerprint density at radius 1 is 1.26 bits per heavy atom. The lowest BCUT2D eigenvalue weighted by Gasteiger charge is -2.22. The molecular formula is C16H25FN2. The van der Waals surface area contributed by atoms with Gasteiger partial charge in [-0.3, -0.25) is 0 Å². The minimum absolute atomic E-state index is 0.00614. The van der Waals surface area contributed by atoms with Gasteiger partial charge >= 0.3 is 0 Å². The number of hydrogen-bond donors (Lipinski definition) is 1. The molecule has 1 fully saturated rings. The van der Waals surface area contributed by atoms with E-state index >= 15 is 0 Å². The molecule has 0 aliphatic heterocycles. The zero-order valence-corrected chi connectivity index (χ0v) is 11.8. The van der Waals surface area contributed by atoms with Crippen molar-refractivity contribution in [3.8, 4) is 0 Å². The Morgan fingerprint density at radius 2 is 1.89 bits per heavy atom. The maximum atomic E-state index is 12.8. The van der Waals surface area contributed by atoms with Crippen LogP contribution in [0.3, 0.4) is 0 Å². The summed E-state index contributed by atoms with van der Waals surface area (Å²) in [6.07, 6.45) is 6.48. The summed E-state index contributed by atoms with van der Waals surface area (Å²) in [6, 6.07) is 6.55. The highest BCUT2D eigenvalue weighted by Gasteiger charge is 2.17. The molecule has 1 aliphatic rings. The van der Waals surface area contributed by atoms with Gasteiger partial charge in [-0.15, -0.1) is 0 Å². The average molecular weight is 264 g/mol. The molecule has 3 heteroatoms. The molecule has 0 amide bonds. The van der Waals surface area contributed by atoms with Gasteiger partial charge in [0, 0.05) is 12.6 Å². The second-order valence-electron chi connectivity index (χ2n) is 5.86. The van der Waals surface area contributed by atoms with Crippen molar-refractivity contribution in [3.63, 3.8) is 0 Å². The SMILES string of the molecule is CN(CCC(N)c1ccc(F)cc1)CC1CCCC1. The van der Waals surface area contributed by atoms with Crippen molar-refractivity contribution in [2.45, 2.75) is 38.1 Å². The van der Waals surface area contributed by atoms with Crippen LogP contribution in [0.15, 0.2) is 24.3 Å². The second kappa shape index (κ2) is 7.01. The molecule has 0 bridgehead atoms. The van der Waals surface area contributed by atoms with Crippen LogP contribution in [0.1, 0.15) is 43.7 Å². The molecule has 2 nitrogen and oxygen atoms in total. The molecule has 0 spiro atoms. The monoisotopic (exact) mass is 264 g/mol. The van der Waals surface area contributed by atoms with E-state index < -0.39 is 0 Å². The van der Waals surface area contributed by atoms with Gasteiger partial charge in [0.25, 0.3) is 0 Å². The van der Waals surface area contributed by atoms with E-state index in [1.165, 1.54) is 44.4 Å². The molecule has 106 valence electrons. The molecule has 1 aromatic carbocycles. The molecule has 1 aliphatic carbocycles. The van der Waals surface area contributed by atoms with E-state index in [9.17, 15) is 4.39 Å². The first kappa shape index (κ1) is 14.5. The highest BCUT2D eigenvalue weighted by molar-refractivity contribution is 5.19. The molecule has 2 N–H and O–H groups in total. The van der Waals surface area contributed by atoms with Crippen molar-refractivity contribution < 1.29 is 4.39 Å². The molecule has 1 saturated carbocycles. The lowest BCUT2D eigenvalue weighted by molar-refractivity contribution is 0.268. The Balaban J connectivity index is 1.73. The second-order valence-corrected chi connectivity index (χ2v) is 5.86. The first-order valence-electron chi connectivity index (χ1n) is 7.35. The van der Waals surface area contributed by atoms with E-state index in [1.54, 1.807) is 12.1 Å². The van der Waals surface area contributed by atoms with Gasteiger partial charge in [0.15, 0.2) is 0 Å². The first-order chi connectivity index (χ1) is 9.15. The smallest absolute Gasteiger partial charge is 0.123 e. The zero-order valence-electron chi connectivity index (χ0n) is 11.8. The largest absolute Gasteiger partial charge is 0.324 e. The van der Waals surface area contributed by atoms with Crippen molar-refractivity contribution in [2.75, 3.05) is 20.1 Å². The van der Waals surface area contributed by atoms with Crippen LogP contribution < -0.4 is 5.73 Å². The molecule has 2 rings (SSSR count). The molecular weight excluding hydrogens is 239 g/mol. The molecule has 0 aromatic heterocycles. The topological polar surface area (TPSA) is 29.3 Å². The molecule has 19 heavy (non-hydrogen) atoms. The van der Waals surface area contributed by atoms with E-state index in [0.29, 0.717) is 0 Å². The minimum atomic E-state index is -0.200. The Bertz CT molecular complexity index is 371. The summed E-state index contributed by atoms with van der Waals surface area (Å²) in [5.41, 5.74) is 7.18. The summed E-state index contributed by atoms with van der Waals surface area (Å²) in [6.45, 7) is 2.20. The lowest BCUT2D eigenvalue weighted by atomic mass is 10.0. The third-order valence-corrected chi connectivity index (χ3v) is 4.16. The fourth-order valence-corrected chi connectivity index (χ4v) is 2.96. The fourth-order valence-electron chi connectivity index (χ4n) is 2.96. The summed E-state index contributed by atoms with van der Waals surface area (Å²) in [5.74, 6) is 0.682. The van der Waals surface area contributed by atoms with Crippen LogP contribution in [-0.2, 0) is 0 Å². The van der Waals surface area contributed by atoms with Gasteiger partial charge in [-0.2, -0.15) is 0 Å². The maximum Gasteiger partial charge on any atom is 0.123 e. The van der Waals surface area contributed by atoms with Crippen LogP contribution in [0.2, 0.25) is 0 Å². The van der Waals surface area contributed by atoms with Gasteiger partial charge in [0.1, 0.15) is 5.82 Å². The Kier molecular flexibility index (Phi) is 5.34. The van der Waals surface area contributed by atoms with Crippen molar-refractivity contribution in [3.05, 3.63) is 35.6 Å². The first-order valence-corrected chi connectivity index (χ1v) is 7.35. The predicted molar refractivity (Wildman–Crippen MR) is 77.4 cm³/mol. The summed E-state index contributed by atoms with van der Waals surface area (Å²) in [7, 11) is 2.18. The highest BCUT2D eigenvalue weighted by Crippen LogP contribution is 2.25. The number of hydrogen-bond acceptors (Lipinski definition) is 2. The number of nitrogens with two attached hydrogens (primary N) is 1. The summed E-state index contributed by atoms with van der Waals surface area (Å²) >= 11 is 0. The highest BCUT2D eigenvalue weighted by atomic mass is 19.1. The minimum Gasteiger partial charge on any atom is -0.324 e. The normalized spacial score (nSPS) is 18.1. The average Bonchev–Trinajstić information content (AvgIpc) is 2.89. The van der Waals surface area contributed by atoms with Crippen molar-refractivity contribution in [1.29, 1.82) is 0 Å². The number of benzene rings is 1. The quantitative estimate of drug-likeness (QED) is 0.854. The maximum absolute atomic E-state index is 12.8. The van der Waals surface area contributed by atoms with Crippen LogP contribution in [0.25, 0.3) is 0 Å². The van der Waals surface area contributed by atoms with Gasteiger partial charge in [0.05, 0.1) is 0 Å². The fraction of sp³-hybridized carbons (Fsp3) is 0.625. The Labute approximate surface area is 115 Å². The van der Waals surface area contributed by atoms with Crippen molar-refractivity contribution in [2.24, 2.45) is 11.7 Å². The Morgan fingerprint density at radius 3 is 2.53 bits per heavy atom. The van der Waals surface area contributed by atoms with Gasteiger partial charge in [-0.05, 0) is 56.5 Å². The van der Waals surface area contributed by atoms with Crippen molar-refractivity contribution >= 4 is 0 Å². The third kappa shape index (κ3) is 4.59. The summed E-state index contributed by atoms with van der Waals surface area (Å²) < 4.78 is 12.8. The molecule has 0 saturated heterocycles. The van der Waals surface area contributed by atoms with Gasteiger partial charge in [-0.25, -0.2) is 4.39 Å². The van der Waals surface area contributed by atoms with Gasteiger partial charge in [0.2, 0.25) is 0 Å². The van der Waals surface area contributed by atoms with Crippen LogP contribution in [-0.4, -0.2) is 25.0 Å². The molecule has 1 aromatic rings. The standard InChI is InChI=1S/C16H25FN2/c1-19(12-13-4-2-3-5-13)11-10-16(18)14-6-8-15(17)9-7-14/h6-9,13,16H,2-5,10-12,18H2,1H3. The van der Waals surface area contributed by atoms with Gasteiger partial charge in [-0.1, -0.05) is 25.0 Å². The number of halogens is 1. The summed E-state index contributed by atoms with van der Waals surface area (Å²) in [5, 5.41) is 0. The Hall–Kier alpha value is -0.930. The van der Waals surface area contributed by atoms with Crippen LogP contribution in [0.5, 0.6) is 0 Å². The molecule has 0 heterocycles. The predicted octanol–water partition coefficient (Wildman–Crippen LogP) is 3.34. The van der Waals surface area contributed by atoms with Crippen LogP contribution in [0, 0.1) is 11.7 Å². The van der Waals surface area contributed by atoms with E-state index in [2.05, 4.69) is 11.9 Å². The van der Waals surface area contributed by atoms with E-state index in [1.807, 2.05) is 0 Å². The zero-order chi connectivity index (χ0) is 13.7. The third-order valence-electron chi connectivity index (χ3n) is 4.16. The molecule has 1 unspecified atom stereocenters. The van der Waals surface area contributed by atoms with Crippen LogP contribution in [0.4, 0.5) is 4.39 Å². The van der Waals surface area contributed by atoms with Gasteiger partial charge < -0.3 is 10.6 Å². The van der Waals surface area contributed by atoms with Crippen LogP contribution >= 0.6 is 0 Å². The number of nitrogens with zero attached hydrogens (tertiary/aromatic N) is 1. The number of rotatable bonds is 6. The van der Waals surface area contributed by atoms with E-state index in [0.717, 1.165) is 24.4 Å². The van der Waals surface area contributed by atoms with Crippen molar-refractivity contribution in [1.82, 2.24) is 4.90 Å². The molecule has 0 radical (unpaired) electrons. The molecule has 1 atom stereocenters. The lowest BCUT2D eigenvalue weighted by Crippen LogP contribution is -2.28. The summed E-state index contributed by atoms with van der Waals surface area (Å²) in [4.78, 5) is 2.39.